The molecule has 1 aromatic rings. The zero-order valence-electron chi connectivity index (χ0n) is 10.5. The van der Waals surface area contributed by atoms with Crippen molar-refractivity contribution in [2.24, 2.45) is 5.41 Å². The second-order valence-electron chi connectivity index (χ2n) is 5.39. The second-order valence-corrected chi connectivity index (χ2v) is 6.45. The van der Waals surface area contributed by atoms with Crippen molar-refractivity contribution in [3.8, 4) is 0 Å². The van der Waals surface area contributed by atoms with E-state index in [0.717, 1.165) is 5.75 Å². The summed E-state index contributed by atoms with van der Waals surface area (Å²) in [6.45, 7) is 5.75. The largest absolute Gasteiger partial charge is 0.481 e. The highest BCUT2D eigenvalue weighted by Gasteiger charge is 2.35. The molecular formula is C14H18O2S. The van der Waals surface area contributed by atoms with Crippen LogP contribution < -0.4 is 0 Å². The van der Waals surface area contributed by atoms with Gasteiger partial charge in [0, 0.05) is 10.6 Å². The van der Waals surface area contributed by atoms with Crippen LogP contribution in [0.1, 0.15) is 37.3 Å². The van der Waals surface area contributed by atoms with E-state index < -0.39 is 11.4 Å². The van der Waals surface area contributed by atoms with Crippen molar-refractivity contribution in [1.82, 2.24) is 0 Å². The summed E-state index contributed by atoms with van der Waals surface area (Å²) in [7, 11) is 0. The number of aryl methyl sites for hydroxylation is 1. The van der Waals surface area contributed by atoms with E-state index in [1.165, 1.54) is 16.0 Å². The van der Waals surface area contributed by atoms with Crippen LogP contribution in [0, 0.1) is 12.3 Å². The average molecular weight is 250 g/mol. The first-order valence-corrected chi connectivity index (χ1v) is 6.86. The lowest BCUT2D eigenvalue weighted by Gasteiger charge is -2.24. The highest BCUT2D eigenvalue weighted by Crippen LogP contribution is 2.46. The van der Waals surface area contributed by atoms with Gasteiger partial charge in [0.15, 0.2) is 0 Å². The Morgan fingerprint density at radius 3 is 2.88 bits per heavy atom. The van der Waals surface area contributed by atoms with Gasteiger partial charge in [0.1, 0.15) is 0 Å². The number of hydrogen-bond acceptors (Lipinski definition) is 2. The van der Waals surface area contributed by atoms with Crippen LogP contribution in [0.15, 0.2) is 23.1 Å². The van der Waals surface area contributed by atoms with Crippen LogP contribution in [0.25, 0.3) is 0 Å². The Morgan fingerprint density at radius 2 is 2.24 bits per heavy atom. The molecule has 0 radical (unpaired) electrons. The van der Waals surface area contributed by atoms with Crippen LogP contribution in [0.3, 0.4) is 0 Å². The van der Waals surface area contributed by atoms with Gasteiger partial charge < -0.3 is 5.11 Å². The third-order valence-corrected chi connectivity index (χ3v) is 4.70. The van der Waals surface area contributed by atoms with Gasteiger partial charge in [-0.05, 0) is 50.3 Å². The maximum Gasteiger partial charge on any atom is 0.309 e. The van der Waals surface area contributed by atoms with Crippen LogP contribution in [-0.4, -0.2) is 16.8 Å². The quantitative estimate of drug-likeness (QED) is 0.889. The third kappa shape index (κ3) is 2.34. The molecule has 1 aromatic carbocycles. The number of rotatable bonds is 3. The van der Waals surface area contributed by atoms with Crippen LogP contribution in [0.4, 0.5) is 0 Å². The van der Waals surface area contributed by atoms with Crippen LogP contribution in [-0.2, 0) is 4.79 Å². The molecular weight excluding hydrogens is 232 g/mol. The van der Waals surface area contributed by atoms with Gasteiger partial charge >= 0.3 is 5.97 Å². The number of benzene rings is 1. The van der Waals surface area contributed by atoms with E-state index in [0.29, 0.717) is 12.3 Å². The van der Waals surface area contributed by atoms with Crippen molar-refractivity contribution in [3.63, 3.8) is 0 Å². The summed E-state index contributed by atoms with van der Waals surface area (Å²) < 4.78 is 0. The number of hydrogen-bond donors (Lipinski definition) is 1. The fraction of sp³-hybridized carbons (Fsp3) is 0.500. The lowest BCUT2D eigenvalue weighted by atomic mass is 9.80. The summed E-state index contributed by atoms with van der Waals surface area (Å²) in [6.07, 6.45) is 0.715. The topological polar surface area (TPSA) is 37.3 Å². The first kappa shape index (κ1) is 12.5. The molecule has 2 nitrogen and oxygen atoms in total. The van der Waals surface area contributed by atoms with Crippen molar-refractivity contribution in [2.45, 2.75) is 38.0 Å². The Bertz CT molecular complexity index is 452. The normalized spacial score (nSPS) is 19.1. The number of carboxylic acid groups (broad SMARTS) is 1. The summed E-state index contributed by atoms with van der Waals surface area (Å²) >= 11 is 1.85. The zero-order valence-corrected chi connectivity index (χ0v) is 11.3. The third-order valence-electron chi connectivity index (χ3n) is 3.47. The molecule has 0 aromatic heterocycles. The Hall–Kier alpha value is -0.960. The molecule has 0 bridgehead atoms. The number of fused-ring (bicyclic) bond motifs is 1. The molecule has 2 rings (SSSR count). The van der Waals surface area contributed by atoms with Crippen LogP contribution >= 0.6 is 11.8 Å². The molecule has 0 fully saturated rings. The van der Waals surface area contributed by atoms with Crippen molar-refractivity contribution in [2.75, 3.05) is 5.75 Å². The molecule has 1 aliphatic rings. The standard InChI is InChI=1S/C14H18O2S/c1-9-5-4-6-11-12(9)10(8-17-11)7-14(2,3)13(15)16/h4-6,10H,7-8H2,1-3H3,(H,15,16). The predicted molar refractivity (Wildman–Crippen MR) is 70.7 cm³/mol. The highest BCUT2D eigenvalue weighted by molar-refractivity contribution is 7.99. The van der Waals surface area contributed by atoms with Gasteiger partial charge in [0.05, 0.1) is 5.41 Å². The Labute approximate surface area is 106 Å². The monoisotopic (exact) mass is 250 g/mol. The summed E-state index contributed by atoms with van der Waals surface area (Å²) in [5.41, 5.74) is 2.01. The Kier molecular flexibility index (Phi) is 3.21. The molecule has 0 aliphatic carbocycles. The predicted octanol–water partition coefficient (Wildman–Crippen LogP) is 3.69. The average Bonchev–Trinajstić information content (AvgIpc) is 2.62. The van der Waals surface area contributed by atoms with Gasteiger partial charge in [-0.1, -0.05) is 12.1 Å². The molecule has 1 N–H and O–H groups in total. The molecule has 1 aliphatic heterocycles. The Morgan fingerprint density at radius 1 is 1.53 bits per heavy atom. The SMILES string of the molecule is Cc1cccc2c1C(CC(C)(C)C(=O)O)CS2. The van der Waals surface area contributed by atoms with Gasteiger partial charge in [-0.2, -0.15) is 0 Å². The van der Waals surface area contributed by atoms with Crippen molar-refractivity contribution < 1.29 is 9.90 Å². The van der Waals surface area contributed by atoms with E-state index in [9.17, 15) is 9.90 Å². The maximum atomic E-state index is 11.2. The van der Waals surface area contributed by atoms with Gasteiger partial charge in [-0.15, -0.1) is 11.8 Å². The molecule has 1 atom stereocenters. The molecule has 1 unspecified atom stereocenters. The highest BCUT2D eigenvalue weighted by atomic mass is 32.2. The number of carbonyl (C=O) groups is 1. The van der Waals surface area contributed by atoms with Crippen LogP contribution in [0.2, 0.25) is 0 Å². The van der Waals surface area contributed by atoms with Gasteiger partial charge in [-0.25, -0.2) is 0 Å². The minimum Gasteiger partial charge on any atom is -0.481 e. The number of aliphatic carboxylic acids is 1. The fourth-order valence-electron chi connectivity index (χ4n) is 2.44. The summed E-state index contributed by atoms with van der Waals surface area (Å²) in [6, 6.07) is 6.33. The molecule has 0 saturated carbocycles. The van der Waals surface area contributed by atoms with Gasteiger partial charge in [0.2, 0.25) is 0 Å². The van der Waals surface area contributed by atoms with E-state index in [1.807, 2.05) is 25.6 Å². The Balaban J connectivity index is 2.26. The molecule has 92 valence electrons. The van der Waals surface area contributed by atoms with E-state index in [4.69, 9.17) is 0 Å². The number of thioether (sulfide) groups is 1. The first-order valence-electron chi connectivity index (χ1n) is 5.87. The molecule has 17 heavy (non-hydrogen) atoms. The van der Waals surface area contributed by atoms with E-state index in [1.54, 1.807) is 0 Å². The summed E-state index contributed by atoms with van der Waals surface area (Å²) in [5, 5.41) is 9.21. The van der Waals surface area contributed by atoms with Crippen LogP contribution in [0.5, 0.6) is 0 Å². The molecule has 0 amide bonds. The fourth-order valence-corrected chi connectivity index (χ4v) is 3.76. The lowest BCUT2D eigenvalue weighted by Crippen LogP contribution is -2.26. The van der Waals surface area contributed by atoms with E-state index >= 15 is 0 Å². The summed E-state index contributed by atoms with van der Waals surface area (Å²) in [5.74, 6) is 0.684. The van der Waals surface area contributed by atoms with Crippen molar-refractivity contribution in [1.29, 1.82) is 0 Å². The molecule has 0 spiro atoms. The van der Waals surface area contributed by atoms with E-state index in [2.05, 4.69) is 25.1 Å². The zero-order chi connectivity index (χ0) is 12.6. The van der Waals surface area contributed by atoms with Gasteiger partial charge in [0.25, 0.3) is 0 Å². The minimum atomic E-state index is -0.704. The first-order chi connectivity index (χ1) is 7.92. The number of carboxylic acids is 1. The lowest BCUT2D eigenvalue weighted by molar-refractivity contribution is -0.147. The molecule has 1 heterocycles. The molecule has 0 saturated heterocycles. The maximum absolute atomic E-state index is 11.2. The summed E-state index contributed by atoms with van der Waals surface area (Å²) in [4.78, 5) is 12.5. The van der Waals surface area contributed by atoms with E-state index in [-0.39, 0.29) is 0 Å². The minimum absolute atomic E-state index is 0.377. The van der Waals surface area contributed by atoms with Crippen molar-refractivity contribution in [3.05, 3.63) is 29.3 Å². The van der Waals surface area contributed by atoms with Crippen molar-refractivity contribution >= 4 is 17.7 Å². The molecule has 3 heteroatoms. The second kappa shape index (κ2) is 4.37. The van der Waals surface area contributed by atoms with Gasteiger partial charge in [-0.3, -0.25) is 4.79 Å². The smallest absolute Gasteiger partial charge is 0.309 e.